The van der Waals surface area contributed by atoms with Gasteiger partial charge in [0.2, 0.25) is 0 Å². The van der Waals surface area contributed by atoms with Crippen molar-refractivity contribution in [3.05, 3.63) is 81.7 Å². The van der Waals surface area contributed by atoms with Crippen LogP contribution < -0.4 is 4.74 Å². The second-order valence-corrected chi connectivity index (χ2v) is 12.3. The highest BCUT2D eigenvalue weighted by atomic mass is 35.5. The van der Waals surface area contributed by atoms with Crippen LogP contribution in [0.25, 0.3) is 16.8 Å². The van der Waals surface area contributed by atoms with Gasteiger partial charge in [0.1, 0.15) is 12.4 Å². The number of ether oxygens (including phenoxy) is 1. The number of carbonyl (C=O) groups excluding carboxylic acids is 1. The summed E-state index contributed by atoms with van der Waals surface area (Å²) >= 11 is 7.96. The van der Waals surface area contributed by atoms with Crippen LogP contribution in [0.4, 0.5) is 0 Å². The minimum Gasteiger partial charge on any atom is -0.488 e. The average molecular weight is 559 g/mol. The number of amidine groups is 1. The van der Waals surface area contributed by atoms with Gasteiger partial charge >= 0.3 is 0 Å². The molecule has 0 radical (unpaired) electrons. The molecule has 2 aliphatic carbocycles. The standard InChI is InChI=1S/C33H35ClN2O2S/c34-29-18-10-8-12-24(29)22-38-30-20-19-23-11-7-9-17-27(23)28(30)21-31-32(37)36(26-15-5-2-6-16-26)33(39-31)35-25-13-3-1-4-14-25/h7-12,17-21,25-26H,1-6,13-16,22H2. The molecule has 3 aromatic rings. The Hall–Kier alpha value is -2.76. The largest absolute Gasteiger partial charge is 0.488 e. The minimum absolute atomic E-state index is 0.0893. The van der Waals surface area contributed by atoms with E-state index in [2.05, 4.69) is 18.2 Å². The lowest BCUT2D eigenvalue weighted by Crippen LogP contribution is -2.41. The molecular weight excluding hydrogens is 524 g/mol. The summed E-state index contributed by atoms with van der Waals surface area (Å²) in [6.07, 6.45) is 13.8. The number of halogens is 1. The van der Waals surface area contributed by atoms with E-state index in [1.165, 1.54) is 38.5 Å². The fraction of sp³-hybridized carbons (Fsp3) is 0.394. The molecule has 0 unspecified atom stereocenters. The molecule has 3 aliphatic rings. The molecule has 2 saturated carbocycles. The van der Waals surface area contributed by atoms with Crippen LogP contribution >= 0.6 is 23.4 Å². The van der Waals surface area contributed by atoms with Crippen molar-refractivity contribution in [3.63, 3.8) is 0 Å². The number of thioether (sulfide) groups is 1. The third-order valence-corrected chi connectivity index (χ3v) is 9.56. The van der Waals surface area contributed by atoms with Crippen LogP contribution in [0.5, 0.6) is 5.75 Å². The van der Waals surface area contributed by atoms with Gasteiger partial charge in [-0.25, -0.2) is 0 Å². The predicted molar refractivity (Wildman–Crippen MR) is 163 cm³/mol. The van der Waals surface area contributed by atoms with E-state index in [0.29, 0.717) is 17.7 Å². The van der Waals surface area contributed by atoms with Crippen molar-refractivity contribution >= 4 is 51.3 Å². The Bertz CT molecular complexity index is 1410. The van der Waals surface area contributed by atoms with Crippen molar-refractivity contribution in [3.8, 4) is 5.75 Å². The van der Waals surface area contributed by atoms with Crippen molar-refractivity contribution in [1.82, 2.24) is 4.90 Å². The third-order valence-electron chi connectivity index (χ3n) is 8.19. The first kappa shape index (κ1) is 26.5. The number of amides is 1. The lowest BCUT2D eigenvalue weighted by molar-refractivity contribution is -0.124. The maximum Gasteiger partial charge on any atom is 0.267 e. The number of aliphatic imine (C=N–C) groups is 1. The summed E-state index contributed by atoms with van der Waals surface area (Å²) in [6, 6.07) is 20.7. The zero-order chi connectivity index (χ0) is 26.6. The summed E-state index contributed by atoms with van der Waals surface area (Å²) in [4.78, 5) is 22.0. The molecule has 0 aromatic heterocycles. The van der Waals surface area contributed by atoms with Gasteiger partial charge in [-0.05, 0) is 66.4 Å². The van der Waals surface area contributed by atoms with Crippen molar-refractivity contribution in [1.29, 1.82) is 0 Å². The molecule has 6 heteroatoms. The van der Waals surface area contributed by atoms with E-state index < -0.39 is 0 Å². The number of nitrogens with zero attached hydrogens (tertiary/aromatic N) is 2. The van der Waals surface area contributed by atoms with Gasteiger partial charge in [-0.15, -0.1) is 0 Å². The number of benzene rings is 3. The predicted octanol–water partition coefficient (Wildman–Crippen LogP) is 9.01. The van der Waals surface area contributed by atoms with Crippen molar-refractivity contribution in [2.24, 2.45) is 4.99 Å². The minimum atomic E-state index is 0.0893. The van der Waals surface area contributed by atoms with Crippen LogP contribution in [0.15, 0.2) is 70.6 Å². The number of carbonyl (C=O) groups is 1. The van der Waals surface area contributed by atoms with Crippen molar-refractivity contribution in [2.45, 2.75) is 82.9 Å². The molecule has 1 amide bonds. The van der Waals surface area contributed by atoms with E-state index in [1.807, 2.05) is 53.4 Å². The first-order valence-electron chi connectivity index (χ1n) is 14.4. The lowest BCUT2D eigenvalue weighted by Gasteiger charge is -2.31. The molecule has 3 aromatic carbocycles. The van der Waals surface area contributed by atoms with E-state index in [-0.39, 0.29) is 11.9 Å². The normalized spacial score (nSPS) is 21.4. The Labute approximate surface area is 240 Å². The summed E-state index contributed by atoms with van der Waals surface area (Å²) in [5, 5.41) is 3.78. The second-order valence-electron chi connectivity index (χ2n) is 10.9. The number of hydrogen-bond donors (Lipinski definition) is 0. The topological polar surface area (TPSA) is 41.9 Å². The number of fused-ring (bicyclic) bond motifs is 1. The Morgan fingerprint density at radius 3 is 2.41 bits per heavy atom. The fourth-order valence-electron chi connectivity index (χ4n) is 6.06. The molecular formula is C33H35ClN2O2S. The molecule has 0 N–H and O–H groups in total. The lowest BCUT2D eigenvalue weighted by atomic mass is 9.94. The summed E-state index contributed by atoms with van der Waals surface area (Å²) in [5.41, 5.74) is 1.86. The van der Waals surface area contributed by atoms with Gasteiger partial charge in [0.15, 0.2) is 5.17 Å². The Morgan fingerprint density at radius 1 is 0.897 bits per heavy atom. The molecule has 0 bridgehead atoms. The Kier molecular flexibility index (Phi) is 8.26. The van der Waals surface area contributed by atoms with Gasteiger partial charge in [0.05, 0.1) is 10.9 Å². The van der Waals surface area contributed by atoms with Crippen LogP contribution in [-0.4, -0.2) is 28.1 Å². The van der Waals surface area contributed by atoms with Gasteiger partial charge in [-0.2, -0.15) is 0 Å². The number of hydrogen-bond acceptors (Lipinski definition) is 4. The molecule has 4 nitrogen and oxygen atoms in total. The van der Waals surface area contributed by atoms with Crippen LogP contribution in [0.3, 0.4) is 0 Å². The first-order valence-corrected chi connectivity index (χ1v) is 15.6. The third kappa shape index (κ3) is 5.90. The van der Waals surface area contributed by atoms with E-state index >= 15 is 0 Å². The van der Waals surface area contributed by atoms with Gasteiger partial charge in [0.25, 0.3) is 5.91 Å². The maximum atomic E-state index is 14.0. The highest BCUT2D eigenvalue weighted by molar-refractivity contribution is 8.18. The van der Waals surface area contributed by atoms with E-state index in [1.54, 1.807) is 11.8 Å². The van der Waals surface area contributed by atoms with E-state index in [9.17, 15) is 4.79 Å². The van der Waals surface area contributed by atoms with Crippen molar-refractivity contribution in [2.75, 3.05) is 0 Å². The molecule has 6 rings (SSSR count). The molecule has 1 saturated heterocycles. The molecule has 0 spiro atoms. The van der Waals surface area contributed by atoms with Crippen LogP contribution in [-0.2, 0) is 11.4 Å². The van der Waals surface area contributed by atoms with Crippen LogP contribution in [0, 0.1) is 0 Å². The zero-order valence-corrected chi connectivity index (χ0v) is 23.9. The second kappa shape index (κ2) is 12.2. The smallest absolute Gasteiger partial charge is 0.267 e. The Morgan fingerprint density at radius 2 is 1.62 bits per heavy atom. The fourth-order valence-corrected chi connectivity index (χ4v) is 7.34. The summed E-state index contributed by atoms with van der Waals surface area (Å²) in [7, 11) is 0. The van der Waals surface area contributed by atoms with Gasteiger partial charge in [-0.1, -0.05) is 98.7 Å². The highest BCUT2D eigenvalue weighted by Crippen LogP contribution is 2.41. The van der Waals surface area contributed by atoms with E-state index in [4.69, 9.17) is 21.3 Å². The summed E-state index contributed by atoms with van der Waals surface area (Å²) < 4.78 is 6.36. The monoisotopic (exact) mass is 558 g/mol. The Balaban J connectivity index is 1.37. The molecule has 0 atom stereocenters. The number of rotatable bonds is 6. The van der Waals surface area contributed by atoms with Gasteiger partial charge < -0.3 is 4.74 Å². The quantitative estimate of drug-likeness (QED) is 0.283. The SMILES string of the molecule is O=C1C(=Cc2c(OCc3ccccc3Cl)ccc3ccccc23)SC(=NC2CCCCC2)N1C1CCCCC1. The van der Waals surface area contributed by atoms with Gasteiger partial charge in [-0.3, -0.25) is 14.7 Å². The molecule has 3 fully saturated rings. The average Bonchev–Trinajstić information content (AvgIpc) is 3.28. The highest BCUT2D eigenvalue weighted by Gasteiger charge is 2.39. The first-order chi connectivity index (χ1) is 19.2. The maximum absolute atomic E-state index is 14.0. The van der Waals surface area contributed by atoms with Gasteiger partial charge in [0, 0.05) is 22.2 Å². The molecule has 1 heterocycles. The summed E-state index contributed by atoms with van der Waals surface area (Å²) in [6.45, 7) is 0.359. The molecule has 39 heavy (non-hydrogen) atoms. The molecule has 1 aliphatic heterocycles. The van der Waals surface area contributed by atoms with Crippen LogP contribution in [0.1, 0.15) is 75.3 Å². The van der Waals surface area contributed by atoms with Crippen LogP contribution in [0.2, 0.25) is 5.02 Å². The molecule has 202 valence electrons. The van der Waals surface area contributed by atoms with E-state index in [0.717, 1.165) is 63.4 Å². The zero-order valence-electron chi connectivity index (χ0n) is 22.3. The summed E-state index contributed by atoms with van der Waals surface area (Å²) in [5.74, 6) is 0.836. The van der Waals surface area contributed by atoms with Crippen molar-refractivity contribution < 1.29 is 9.53 Å².